The van der Waals surface area contributed by atoms with Gasteiger partial charge in [-0.05, 0) is 25.0 Å². The second kappa shape index (κ2) is 11.5. The minimum Gasteiger partial charge on any atom is -0.480 e. The number of halogens is 2. The molecule has 2 saturated heterocycles. The molecule has 0 spiro atoms. The Labute approximate surface area is 227 Å². The van der Waals surface area contributed by atoms with Crippen LogP contribution in [0.3, 0.4) is 0 Å². The lowest BCUT2D eigenvalue weighted by atomic mass is 9.90. The quantitative estimate of drug-likeness (QED) is 0.466. The van der Waals surface area contributed by atoms with Crippen molar-refractivity contribution in [3.63, 3.8) is 0 Å². The molecule has 5 rings (SSSR count). The number of ether oxygens (including phenoxy) is 3. The Balaban J connectivity index is 1.51. The molecular weight excluding hydrogens is 539 g/mol. The summed E-state index contributed by atoms with van der Waals surface area (Å²) in [7, 11) is 1.30. The smallest absolute Gasteiger partial charge is 0.338 e. The Morgan fingerprint density at radius 2 is 2.08 bits per heavy atom. The number of nitrogens with zero attached hydrogens (tertiary/aromatic N) is 3. The molecule has 0 saturated carbocycles. The maximum atomic E-state index is 13.9. The number of carboxylic acid groups (broad SMARTS) is 1. The summed E-state index contributed by atoms with van der Waals surface area (Å²) in [6.07, 6.45) is 2.64. The van der Waals surface area contributed by atoms with Crippen LogP contribution in [0.1, 0.15) is 29.5 Å². The molecule has 1 aromatic heterocycles. The van der Waals surface area contributed by atoms with E-state index >= 15 is 0 Å². The van der Waals surface area contributed by atoms with Crippen LogP contribution in [0.15, 0.2) is 46.0 Å². The molecule has 3 aliphatic heterocycles. The van der Waals surface area contributed by atoms with Gasteiger partial charge in [-0.1, -0.05) is 17.7 Å². The van der Waals surface area contributed by atoms with Crippen LogP contribution in [0, 0.1) is 5.82 Å². The number of aliphatic carboxylic acids is 1. The average Bonchev–Trinajstić information content (AvgIpc) is 3.42. The average molecular weight is 565 g/mol. The number of thiazole rings is 1. The summed E-state index contributed by atoms with van der Waals surface area (Å²) in [5, 5.41) is 14.9. The second-order valence-corrected chi connectivity index (χ2v) is 10.5. The number of hydrogen-bond acceptors (Lipinski definition) is 10. The standard InChI is InChI=1S/C25H26ClFN4O6S/c1-35-25(34)21-19(9-31-14-7-16(37-12-20(32)33)8-15(31)11-36-10-14)29-23(24-28-4-5-38-24)30-22(21)17-3-2-13(27)6-18(17)26/h2-6,14-16,22H,7-12H2,1H3,(H,29,30)(H,32,33)/t14-,15+,16?,22-/m0/s1. The third-order valence-corrected chi connectivity index (χ3v) is 7.94. The summed E-state index contributed by atoms with van der Waals surface area (Å²) in [6, 6.07) is 3.04. The monoisotopic (exact) mass is 564 g/mol. The van der Waals surface area contributed by atoms with Crippen molar-refractivity contribution in [2.45, 2.75) is 37.1 Å². The van der Waals surface area contributed by atoms with Gasteiger partial charge in [0.1, 0.15) is 18.5 Å². The Morgan fingerprint density at radius 3 is 2.71 bits per heavy atom. The molecule has 4 heterocycles. The van der Waals surface area contributed by atoms with Crippen molar-refractivity contribution >= 4 is 40.7 Å². The van der Waals surface area contributed by atoms with E-state index in [-0.39, 0.29) is 35.4 Å². The molecule has 0 radical (unpaired) electrons. The number of morpholine rings is 1. The summed E-state index contributed by atoms with van der Waals surface area (Å²) in [5.41, 5.74) is 1.31. The minimum atomic E-state index is -1.01. The molecule has 2 bridgehead atoms. The lowest BCUT2D eigenvalue weighted by molar-refractivity contribution is -0.151. The summed E-state index contributed by atoms with van der Waals surface area (Å²) in [4.78, 5) is 35.6. The third kappa shape index (κ3) is 5.59. The summed E-state index contributed by atoms with van der Waals surface area (Å²) >= 11 is 7.82. The summed E-state index contributed by atoms with van der Waals surface area (Å²) < 4.78 is 30.4. The largest absolute Gasteiger partial charge is 0.480 e. The van der Waals surface area contributed by atoms with Gasteiger partial charge in [-0.15, -0.1) is 11.3 Å². The molecule has 4 atom stereocenters. The van der Waals surface area contributed by atoms with Crippen LogP contribution in [0.4, 0.5) is 4.39 Å². The molecule has 38 heavy (non-hydrogen) atoms. The number of carboxylic acids is 1. The predicted molar refractivity (Wildman–Crippen MR) is 137 cm³/mol. The third-order valence-electron chi connectivity index (χ3n) is 6.83. The van der Waals surface area contributed by atoms with E-state index in [2.05, 4.69) is 15.2 Å². The van der Waals surface area contributed by atoms with E-state index in [4.69, 9.17) is 35.9 Å². The zero-order valence-electron chi connectivity index (χ0n) is 20.4. The highest BCUT2D eigenvalue weighted by Gasteiger charge is 2.42. The highest BCUT2D eigenvalue weighted by Crippen LogP contribution is 2.38. The first-order chi connectivity index (χ1) is 18.3. The fourth-order valence-corrected chi connectivity index (χ4v) is 6.03. The van der Waals surface area contributed by atoms with Crippen LogP contribution in [-0.4, -0.2) is 84.4 Å². The van der Waals surface area contributed by atoms with Crippen LogP contribution in [0.25, 0.3) is 0 Å². The minimum absolute atomic E-state index is 0.0514. The van der Waals surface area contributed by atoms with Gasteiger partial charge in [0.2, 0.25) is 0 Å². The van der Waals surface area contributed by atoms with Crippen molar-refractivity contribution in [2.75, 3.05) is 33.5 Å². The molecule has 2 fully saturated rings. The SMILES string of the molecule is COC(=O)C1=C(CN2[C@@H]3COC[C@H]2CC(OCC(=O)O)C3)NC(c2nccs2)=N[C@H]1c1ccc(F)cc1Cl. The van der Waals surface area contributed by atoms with Crippen LogP contribution < -0.4 is 5.32 Å². The van der Waals surface area contributed by atoms with E-state index in [1.165, 1.54) is 36.6 Å². The zero-order chi connectivity index (χ0) is 26.8. The van der Waals surface area contributed by atoms with E-state index in [1.54, 1.807) is 6.20 Å². The van der Waals surface area contributed by atoms with Crippen molar-refractivity contribution in [2.24, 2.45) is 4.99 Å². The molecular formula is C25H26ClFN4O6S. The Bertz CT molecular complexity index is 1260. The first kappa shape index (κ1) is 26.7. The van der Waals surface area contributed by atoms with Gasteiger partial charge >= 0.3 is 11.9 Å². The summed E-state index contributed by atoms with van der Waals surface area (Å²) in [6.45, 7) is 0.891. The van der Waals surface area contributed by atoms with Gasteiger partial charge in [-0.3, -0.25) is 9.89 Å². The van der Waals surface area contributed by atoms with Gasteiger partial charge in [-0.25, -0.2) is 19.0 Å². The molecule has 10 nitrogen and oxygen atoms in total. The zero-order valence-corrected chi connectivity index (χ0v) is 22.0. The van der Waals surface area contributed by atoms with Crippen LogP contribution in [0.5, 0.6) is 0 Å². The van der Waals surface area contributed by atoms with Gasteiger partial charge in [0, 0.05) is 46.5 Å². The van der Waals surface area contributed by atoms with Crippen molar-refractivity contribution in [1.29, 1.82) is 0 Å². The first-order valence-corrected chi connectivity index (χ1v) is 13.3. The molecule has 1 unspecified atom stereocenters. The number of piperidine rings is 1. The van der Waals surface area contributed by atoms with Crippen LogP contribution in [-0.2, 0) is 23.8 Å². The van der Waals surface area contributed by atoms with Gasteiger partial charge in [-0.2, -0.15) is 0 Å². The Morgan fingerprint density at radius 1 is 1.32 bits per heavy atom. The fraction of sp³-hybridized carbons (Fsp3) is 0.440. The van der Waals surface area contributed by atoms with Crippen molar-refractivity contribution in [3.05, 3.63) is 62.5 Å². The molecule has 2 aromatic rings. The van der Waals surface area contributed by atoms with E-state index in [0.717, 1.165) is 0 Å². The Kier molecular flexibility index (Phi) is 8.05. The lowest BCUT2D eigenvalue weighted by Gasteiger charge is -2.48. The van der Waals surface area contributed by atoms with Gasteiger partial charge < -0.3 is 24.6 Å². The number of benzene rings is 1. The number of amidine groups is 1. The van der Waals surface area contributed by atoms with Gasteiger partial charge in [0.25, 0.3) is 0 Å². The molecule has 0 aliphatic carbocycles. The van der Waals surface area contributed by atoms with Crippen molar-refractivity contribution in [1.82, 2.24) is 15.2 Å². The van der Waals surface area contributed by atoms with Gasteiger partial charge in [0.15, 0.2) is 10.8 Å². The van der Waals surface area contributed by atoms with E-state index in [9.17, 15) is 14.0 Å². The Hall–Kier alpha value is -2.90. The number of hydrogen-bond donors (Lipinski definition) is 2. The highest BCUT2D eigenvalue weighted by atomic mass is 35.5. The van der Waals surface area contributed by atoms with E-state index in [1.807, 2.05) is 5.38 Å². The van der Waals surface area contributed by atoms with E-state index < -0.39 is 23.8 Å². The maximum Gasteiger partial charge on any atom is 0.338 e. The number of carbonyl (C=O) groups is 2. The molecule has 13 heteroatoms. The van der Waals surface area contributed by atoms with Crippen LogP contribution >= 0.6 is 22.9 Å². The number of methoxy groups -OCH3 is 1. The maximum absolute atomic E-state index is 13.9. The number of nitrogens with one attached hydrogen (secondary N) is 1. The number of rotatable bonds is 8. The number of aromatic nitrogens is 1. The number of fused-ring (bicyclic) bond motifs is 2. The lowest BCUT2D eigenvalue weighted by Crippen LogP contribution is -2.59. The number of esters is 1. The number of aliphatic imine (C=N–C) groups is 1. The van der Waals surface area contributed by atoms with Gasteiger partial charge in [0.05, 0.1) is 32.0 Å². The topological polar surface area (TPSA) is 123 Å². The second-order valence-electron chi connectivity index (χ2n) is 9.21. The van der Waals surface area contributed by atoms with Crippen molar-refractivity contribution in [3.8, 4) is 0 Å². The molecule has 202 valence electrons. The molecule has 2 N–H and O–H groups in total. The van der Waals surface area contributed by atoms with Crippen molar-refractivity contribution < 1.29 is 33.3 Å². The fourth-order valence-electron chi connectivity index (χ4n) is 5.17. The molecule has 0 amide bonds. The predicted octanol–water partition coefficient (Wildman–Crippen LogP) is 2.79. The highest BCUT2D eigenvalue weighted by molar-refractivity contribution is 7.11. The number of carbonyl (C=O) groups excluding carboxylic acids is 1. The first-order valence-electron chi connectivity index (χ1n) is 12.0. The summed E-state index contributed by atoms with van der Waals surface area (Å²) in [5.74, 6) is -1.62. The van der Waals surface area contributed by atoms with Crippen LogP contribution in [0.2, 0.25) is 5.02 Å². The molecule has 3 aliphatic rings. The molecule has 1 aromatic carbocycles. The van der Waals surface area contributed by atoms with E-state index in [0.29, 0.717) is 54.7 Å². The normalized spacial score (nSPS) is 25.5.